The van der Waals surface area contributed by atoms with Crippen LogP contribution in [0.15, 0.2) is 12.2 Å². The zero-order valence-electron chi connectivity index (χ0n) is 7.29. The van der Waals surface area contributed by atoms with E-state index in [9.17, 15) is 10.2 Å². The minimum Gasteiger partial charge on any atom is -0.396 e. The molecule has 0 spiro atoms. The van der Waals surface area contributed by atoms with E-state index in [0.717, 1.165) is 25.7 Å². The second-order valence-corrected chi connectivity index (χ2v) is 4.26. The molecule has 2 N–H and O–H groups in total. The molecule has 2 heteroatoms. The lowest BCUT2D eigenvalue weighted by Crippen LogP contribution is -2.56. The van der Waals surface area contributed by atoms with Gasteiger partial charge in [0.2, 0.25) is 0 Å². The Morgan fingerprint density at radius 2 is 1.33 bits per heavy atom. The molecule has 12 heavy (non-hydrogen) atoms. The Bertz CT molecular complexity index is 182. The van der Waals surface area contributed by atoms with Gasteiger partial charge in [0.25, 0.3) is 0 Å². The lowest BCUT2D eigenvalue weighted by Gasteiger charge is -2.59. The molecule has 0 bridgehead atoms. The SMILES string of the molecule is OC[C@@]12CC=CC[C@@]1(CO)CC2. The number of hydrogen-bond acceptors (Lipinski definition) is 2. The quantitative estimate of drug-likeness (QED) is 0.606. The monoisotopic (exact) mass is 168 g/mol. The van der Waals surface area contributed by atoms with Crippen molar-refractivity contribution in [1.82, 2.24) is 0 Å². The van der Waals surface area contributed by atoms with Crippen molar-refractivity contribution in [2.75, 3.05) is 13.2 Å². The summed E-state index contributed by atoms with van der Waals surface area (Å²) in [7, 11) is 0. The Morgan fingerprint density at radius 3 is 1.58 bits per heavy atom. The largest absolute Gasteiger partial charge is 0.396 e. The Balaban J connectivity index is 2.26. The summed E-state index contributed by atoms with van der Waals surface area (Å²) in [6.07, 6.45) is 8.34. The second kappa shape index (κ2) is 2.57. The molecule has 2 atom stereocenters. The van der Waals surface area contributed by atoms with Crippen LogP contribution < -0.4 is 0 Å². The molecule has 0 unspecified atom stereocenters. The second-order valence-electron chi connectivity index (χ2n) is 4.26. The maximum Gasteiger partial charge on any atom is 0.0496 e. The number of fused-ring (bicyclic) bond motifs is 1. The van der Waals surface area contributed by atoms with Gasteiger partial charge in [0.05, 0.1) is 0 Å². The van der Waals surface area contributed by atoms with Crippen LogP contribution in [0.25, 0.3) is 0 Å². The molecule has 0 aromatic heterocycles. The van der Waals surface area contributed by atoms with Gasteiger partial charge in [0.1, 0.15) is 0 Å². The normalized spacial score (nSPS) is 45.2. The van der Waals surface area contributed by atoms with Crippen LogP contribution in [0.4, 0.5) is 0 Å². The lowest BCUT2D eigenvalue weighted by atomic mass is 9.46. The van der Waals surface area contributed by atoms with E-state index in [2.05, 4.69) is 12.2 Å². The van der Waals surface area contributed by atoms with Crippen molar-refractivity contribution in [3.63, 3.8) is 0 Å². The molecular formula is C10H16O2. The van der Waals surface area contributed by atoms with E-state index in [0.29, 0.717) is 0 Å². The molecule has 2 aliphatic carbocycles. The van der Waals surface area contributed by atoms with Gasteiger partial charge in [0.15, 0.2) is 0 Å². The molecule has 0 aliphatic heterocycles. The predicted octanol–water partition coefficient (Wildman–Crippen LogP) is 1.09. The van der Waals surface area contributed by atoms with Gasteiger partial charge in [-0.1, -0.05) is 12.2 Å². The summed E-state index contributed by atoms with van der Waals surface area (Å²) in [5.41, 5.74) is 0.0486. The third-order valence-electron chi connectivity index (χ3n) is 4.00. The van der Waals surface area contributed by atoms with Gasteiger partial charge in [-0.05, 0) is 25.7 Å². The molecule has 0 radical (unpaired) electrons. The first-order valence-corrected chi connectivity index (χ1v) is 4.65. The van der Waals surface area contributed by atoms with E-state index in [4.69, 9.17) is 0 Å². The Labute approximate surface area is 72.9 Å². The van der Waals surface area contributed by atoms with Gasteiger partial charge in [-0.3, -0.25) is 0 Å². The van der Waals surface area contributed by atoms with Crippen molar-refractivity contribution < 1.29 is 10.2 Å². The zero-order chi connectivity index (χ0) is 8.66. The van der Waals surface area contributed by atoms with E-state index >= 15 is 0 Å². The summed E-state index contributed by atoms with van der Waals surface area (Å²) < 4.78 is 0. The number of hydrogen-bond donors (Lipinski definition) is 2. The van der Waals surface area contributed by atoms with Gasteiger partial charge in [-0.25, -0.2) is 0 Å². The molecule has 0 heterocycles. The topological polar surface area (TPSA) is 40.5 Å². The summed E-state index contributed by atoms with van der Waals surface area (Å²) in [5.74, 6) is 0. The van der Waals surface area contributed by atoms with Crippen molar-refractivity contribution >= 4 is 0 Å². The fraction of sp³-hybridized carbons (Fsp3) is 0.800. The molecule has 1 saturated carbocycles. The van der Waals surface area contributed by atoms with Gasteiger partial charge in [-0.2, -0.15) is 0 Å². The first kappa shape index (κ1) is 8.27. The molecule has 2 rings (SSSR count). The van der Waals surface area contributed by atoms with Crippen LogP contribution in [0.1, 0.15) is 25.7 Å². The average molecular weight is 168 g/mol. The van der Waals surface area contributed by atoms with E-state index in [1.54, 1.807) is 0 Å². The van der Waals surface area contributed by atoms with E-state index in [-0.39, 0.29) is 24.0 Å². The third kappa shape index (κ3) is 0.771. The van der Waals surface area contributed by atoms with Gasteiger partial charge in [-0.15, -0.1) is 0 Å². The van der Waals surface area contributed by atoms with Gasteiger partial charge < -0.3 is 10.2 Å². The number of rotatable bonds is 2. The summed E-state index contributed by atoms with van der Waals surface area (Å²) in [5, 5.41) is 18.6. The highest BCUT2D eigenvalue weighted by molar-refractivity contribution is 5.15. The highest BCUT2D eigenvalue weighted by atomic mass is 16.3. The fourth-order valence-corrected chi connectivity index (χ4v) is 2.71. The average Bonchev–Trinajstić information content (AvgIpc) is 2.09. The molecule has 0 aromatic rings. The van der Waals surface area contributed by atoms with Crippen molar-refractivity contribution in [2.45, 2.75) is 25.7 Å². The van der Waals surface area contributed by atoms with Gasteiger partial charge in [0, 0.05) is 24.0 Å². The summed E-state index contributed by atoms with van der Waals surface area (Å²) in [6, 6.07) is 0. The first-order chi connectivity index (χ1) is 5.79. The summed E-state index contributed by atoms with van der Waals surface area (Å²) in [4.78, 5) is 0. The number of aliphatic hydroxyl groups is 2. The molecule has 2 nitrogen and oxygen atoms in total. The van der Waals surface area contributed by atoms with Crippen molar-refractivity contribution in [2.24, 2.45) is 10.8 Å². The van der Waals surface area contributed by atoms with Crippen LogP contribution in [-0.2, 0) is 0 Å². The minimum atomic E-state index is 0.0243. The van der Waals surface area contributed by atoms with E-state index < -0.39 is 0 Å². The maximum absolute atomic E-state index is 9.32. The van der Waals surface area contributed by atoms with Crippen molar-refractivity contribution in [3.8, 4) is 0 Å². The van der Waals surface area contributed by atoms with E-state index in [1.165, 1.54) is 0 Å². The highest BCUT2D eigenvalue weighted by Crippen LogP contribution is 2.62. The van der Waals surface area contributed by atoms with Crippen LogP contribution >= 0.6 is 0 Å². The lowest BCUT2D eigenvalue weighted by molar-refractivity contribution is -0.143. The van der Waals surface area contributed by atoms with Crippen LogP contribution in [0.2, 0.25) is 0 Å². The Morgan fingerprint density at radius 1 is 0.917 bits per heavy atom. The van der Waals surface area contributed by atoms with Gasteiger partial charge >= 0.3 is 0 Å². The third-order valence-corrected chi connectivity index (χ3v) is 4.00. The molecular weight excluding hydrogens is 152 g/mol. The zero-order valence-corrected chi connectivity index (χ0v) is 7.29. The Kier molecular flexibility index (Phi) is 1.77. The molecule has 2 aliphatic rings. The molecule has 0 aromatic carbocycles. The van der Waals surface area contributed by atoms with Crippen LogP contribution in [0.3, 0.4) is 0 Å². The predicted molar refractivity (Wildman–Crippen MR) is 46.6 cm³/mol. The first-order valence-electron chi connectivity index (χ1n) is 4.65. The molecule has 0 amide bonds. The van der Waals surface area contributed by atoms with Crippen LogP contribution in [0, 0.1) is 10.8 Å². The highest BCUT2D eigenvalue weighted by Gasteiger charge is 2.57. The molecule has 68 valence electrons. The van der Waals surface area contributed by atoms with Crippen LogP contribution in [0.5, 0.6) is 0 Å². The van der Waals surface area contributed by atoms with E-state index in [1.807, 2.05) is 0 Å². The van der Waals surface area contributed by atoms with Crippen LogP contribution in [-0.4, -0.2) is 23.4 Å². The minimum absolute atomic E-state index is 0.0243. The van der Waals surface area contributed by atoms with Crippen molar-refractivity contribution in [1.29, 1.82) is 0 Å². The van der Waals surface area contributed by atoms with Crippen molar-refractivity contribution in [3.05, 3.63) is 12.2 Å². The fourth-order valence-electron chi connectivity index (χ4n) is 2.71. The summed E-state index contributed by atoms with van der Waals surface area (Å²) >= 11 is 0. The number of aliphatic hydroxyl groups excluding tert-OH is 2. The molecule has 1 fully saturated rings. The maximum atomic E-state index is 9.32. The summed E-state index contributed by atoms with van der Waals surface area (Å²) in [6.45, 7) is 0.468. The molecule has 0 saturated heterocycles. The smallest absolute Gasteiger partial charge is 0.0496 e. The Hall–Kier alpha value is -0.340. The standard InChI is InChI=1S/C10H16O2/c11-7-9-3-1-2-4-10(9,8-12)6-5-9/h1-2,11-12H,3-8H2/t9-,10-/m0/s1. The number of allylic oxidation sites excluding steroid dienone is 2.